The van der Waals surface area contributed by atoms with Crippen LogP contribution in [0, 0.1) is 0 Å². The van der Waals surface area contributed by atoms with Crippen LogP contribution in [-0.2, 0) is 17.7 Å². The van der Waals surface area contributed by atoms with Crippen molar-refractivity contribution in [2.75, 3.05) is 19.8 Å². The van der Waals surface area contributed by atoms with E-state index < -0.39 is 0 Å². The first-order chi connectivity index (χ1) is 9.26. The first-order valence-electron chi connectivity index (χ1n) is 7.64. The molecule has 4 nitrogen and oxygen atoms in total. The van der Waals surface area contributed by atoms with Crippen molar-refractivity contribution < 1.29 is 4.74 Å². The van der Waals surface area contributed by atoms with E-state index >= 15 is 0 Å². The molecule has 1 rings (SSSR count). The third kappa shape index (κ3) is 4.96. The first kappa shape index (κ1) is 16.2. The Balaban J connectivity index is 2.78. The van der Waals surface area contributed by atoms with Crippen LogP contribution in [0.2, 0.25) is 0 Å². The average Bonchev–Trinajstić information content (AvgIpc) is 2.86. The minimum atomic E-state index is 0.249. The number of aromatic nitrogens is 2. The van der Waals surface area contributed by atoms with Crippen LogP contribution in [0.4, 0.5) is 0 Å². The smallest absolute Gasteiger partial charge is 0.0729 e. The van der Waals surface area contributed by atoms with Crippen molar-refractivity contribution in [1.29, 1.82) is 0 Å². The maximum atomic E-state index is 5.74. The summed E-state index contributed by atoms with van der Waals surface area (Å²) in [6.07, 6.45) is 3.18. The minimum Gasteiger partial charge on any atom is -0.379 e. The van der Waals surface area contributed by atoms with Crippen molar-refractivity contribution in [2.24, 2.45) is 0 Å². The molecule has 110 valence electrons. The SMILES string of the molecule is CCCNC(COCCC)c1cc(CC)nn1CC. The normalized spacial score (nSPS) is 12.8. The predicted octanol–water partition coefficient (Wildman–Crippen LogP) is 2.93. The number of rotatable bonds is 10. The lowest BCUT2D eigenvalue weighted by Crippen LogP contribution is -2.28. The van der Waals surface area contributed by atoms with E-state index in [1.165, 1.54) is 5.69 Å². The molecule has 1 N–H and O–H groups in total. The zero-order valence-electron chi connectivity index (χ0n) is 12.9. The number of hydrogen-bond acceptors (Lipinski definition) is 3. The summed E-state index contributed by atoms with van der Waals surface area (Å²) in [6, 6.07) is 2.46. The Morgan fingerprint density at radius 1 is 1.26 bits per heavy atom. The fraction of sp³-hybridized carbons (Fsp3) is 0.800. The second-order valence-electron chi connectivity index (χ2n) is 4.81. The number of nitrogens with zero attached hydrogens (tertiary/aromatic N) is 2. The third-order valence-electron chi connectivity index (χ3n) is 3.15. The highest BCUT2D eigenvalue weighted by molar-refractivity contribution is 5.14. The van der Waals surface area contributed by atoms with Crippen molar-refractivity contribution in [3.8, 4) is 0 Å². The molecule has 4 heteroatoms. The number of ether oxygens (including phenoxy) is 1. The van der Waals surface area contributed by atoms with Crippen LogP contribution in [0.3, 0.4) is 0 Å². The van der Waals surface area contributed by atoms with Gasteiger partial charge in [-0.3, -0.25) is 4.68 Å². The quantitative estimate of drug-likeness (QED) is 0.662. The van der Waals surface area contributed by atoms with Crippen LogP contribution in [0.25, 0.3) is 0 Å². The van der Waals surface area contributed by atoms with E-state index in [1.807, 2.05) is 0 Å². The number of hydrogen-bond donors (Lipinski definition) is 1. The van der Waals surface area contributed by atoms with Crippen molar-refractivity contribution in [3.05, 3.63) is 17.5 Å². The number of aryl methyl sites for hydroxylation is 2. The van der Waals surface area contributed by atoms with Gasteiger partial charge in [0.05, 0.1) is 24.0 Å². The molecule has 0 spiro atoms. The molecule has 1 aromatic heterocycles. The maximum Gasteiger partial charge on any atom is 0.0729 e. The molecule has 0 fully saturated rings. The van der Waals surface area contributed by atoms with Crippen molar-refractivity contribution >= 4 is 0 Å². The molecule has 0 aromatic carbocycles. The molecule has 0 aliphatic carbocycles. The van der Waals surface area contributed by atoms with Crippen LogP contribution < -0.4 is 5.32 Å². The molecule has 0 aliphatic rings. The van der Waals surface area contributed by atoms with Gasteiger partial charge >= 0.3 is 0 Å². The molecular formula is C15H29N3O. The zero-order chi connectivity index (χ0) is 14.1. The van der Waals surface area contributed by atoms with Gasteiger partial charge in [-0.2, -0.15) is 5.10 Å². The molecule has 0 saturated heterocycles. The molecular weight excluding hydrogens is 238 g/mol. The van der Waals surface area contributed by atoms with Gasteiger partial charge in [-0.1, -0.05) is 20.8 Å². The molecule has 0 aliphatic heterocycles. The Hall–Kier alpha value is -0.870. The van der Waals surface area contributed by atoms with Crippen molar-refractivity contribution in [1.82, 2.24) is 15.1 Å². The highest BCUT2D eigenvalue weighted by Gasteiger charge is 2.17. The lowest BCUT2D eigenvalue weighted by molar-refractivity contribution is 0.109. The van der Waals surface area contributed by atoms with E-state index in [0.29, 0.717) is 0 Å². The van der Waals surface area contributed by atoms with E-state index in [0.717, 1.165) is 51.3 Å². The van der Waals surface area contributed by atoms with Gasteiger partial charge in [0, 0.05) is 13.2 Å². The molecule has 1 atom stereocenters. The highest BCUT2D eigenvalue weighted by atomic mass is 16.5. The molecule has 0 saturated carbocycles. The van der Waals surface area contributed by atoms with E-state index in [9.17, 15) is 0 Å². The van der Waals surface area contributed by atoms with E-state index in [4.69, 9.17) is 4.74 Å². The van der Waals surface area contributed by atoms with Crippen molar-refractivity contribution in [3.63, 3.8) is 0 Å². The average molecular weight is 267 g/mol. The van der Waals surface area contributed by atoms with Crippen LogP contribution in [0.5, 0.6) is 0 Å². The van der Waals surface area contributed by atoms with Gasteiger partial charge in [0.15, 0.2) is 0 Å². The lowest BCUT2D eigenvalue weighted by Gasteiger charge is -2.19. The summed E-state index contributed by atoms with van der Waals surface area (Å²) in [6.45, 7) is 12.1. The van der Waals surface area contributed by atoms with Crippen molar-refractivity contribution in [2.45, 2.75) is 59.5 Å². The van der Waals surface area contributed by atoms with E-state index in [2.05, 4.69) is 48.9 Å². The fourth-order valence-corrected chi connectivity index (χ4v) is 2.11. The summed E-state index contributed by atoms with van der Waals surface area (Å²) < 4.78 is 7.83. The summed E-state index contributed by atoms with van der Waals surface area (Å²) in [5, 5.41) is 8.20. The van der Waals surface area contributed by atoms with Gasteiger partial charge < -0.3 is 10.1 Å². The van der Waals surface area contributed by atoms with Gasteiger partial charge in [-0.15, -0.1) is 0 Å². The van der Waals surface area contributed by atoms with Crippen LogP contribution in [0.1, 0.15) is 58.0 Å². The summed E-state index contributed by atoms with van der Waals surface area (Å²) in [5.41, 5.74) is 2.42. The van der Waals surface area contributed by atoms with Crippen LogP contribution >= 0.6 is 0 Å². The molecule has 0 bridgehead atoms. The summed E-state index contributed by atoms with van der Waals surface area (Å²) >= 11 is 0. The van der Waals surface area contributed by atoms with Gasteiger partial charge in [-0.05, 0) is 38.8 Å². The van der Waals surface area contributed by atoms with Gasteiger partial charge in [0.1, 0.15) is 0 Å². The molecule has 1 heterocycles. The summed E-state index contributed by atoms with van der Waals surface area (Å²) in [7, 11) is 0. The monoisotopic (exact) mass is 267 g/mol. The maximum absolute atomic E-state index is 5.74. The largest absolute Gasteiger partial charge is 0.379 e. The Kier molecular flexibility index (Phi) is 7.75. The van der Waals surface area contributed by atoms with Crippen LogP contribution in [-0.4, -0.2) is 29.5 Å². The van der Waals surface area contributed by atoms with E-state index in [1.54, 1.807) is 0 Å². The Morgan fingerprint density at radius 2 is 2.05 bits per heavy atom. The molecule has 0 radical (unpaired) electrons. The topological polar surface area (TPSA) is 39.1 Å². The van der Waals surface area contributed by atoms with Gasteiger partial charge in [0.2, 0.25) is 0 Å². The Morgan fingerprint density at radius 3 is 2.63 bits per heavy atom. The summed E-state index contributed by atoms with van der Waals surface area (Å²) in [5.74, 6) is 0. The van der Waals surface area contributed by atoms with Gasteiger partial charge in [0.25, 0.3) is 0 Å². The predicted molar refractivity (Wildman–Crippen MR) is 79.4 cm³/mol. The Bertz CT molecular complexity index is 349. The molecule has 1 unspecified atom stereocenters. The fourth-order valence-electron chi connectivity index (χ4n) is 2.11. The number of nitrogens with one attached hydrogen (secondary N) is 1. The third-order valence-corrected chi connectivity index (χ3v) is 3.15. The standard InChI is InChI=1S/C15H29N3O/c1-5-9-16-14(12-19-10-6-2)15-11-13(7-3)17-18(15)8-4/h11,14,16H,5-10,12H2,1-4H3. The zero-order valence-corrected chi connectivity index (χ0v) is 12.9. The lowest BCUT2D eigenvalue weighted by atomic mass is 10.2. The molecule has 19 heavy (non-hydrogen) atoms. The minimum absolute atomic E-state index is 0.249. The summed E-state index contributed by atoms with van der Waals surface area (Å²) in [4.78, 5) is 0. The van der Waals surface area contributed by atoms with Gasteiger partial charge in [-0.25, -0.2) is 0 Å². The highest BCUT2D eigenvalue weighted by Crippen LogP contribution is 2.16. The van der Waals surface area contributed by atoms with Crippen LogP contribution in [0.15, 0.2) is 6.07 Å². The second kappa shape index (κ2) is 9.10. The van der Waals surface area contributed by atoms with E-state index in [-0.39, 0.29) is 6.04 Å². The second-order valence-corrected chi connectivity index (χ2v) is 4.81. The first-order valence-corrected chi connectivity index (χ1v) is 7.64. The molecule has 1 aromatic rings. The Labute approximate surface area is 117 Å². The molecule has 0 amide bonds.